The highest BCUT2D eigenvalue weighted by Gasteiger charge is 2.35. The van der Waals surface area contributed by atoms with E-state index in [9.17, 15) is 24.3 Å². The van der Waals surface area contributed by atoms with Crippen LogP contribution in [0.15, 0.2) is 48.5 Å². The summed E-state index contributed by atoms with van der Waals surface area (Å²) in [5.74, 6) is -1.98. The molecule has 0 saturated carbocycles. The third kappa shape index (κ3) is 8.20. The number of rotatable bonds is 8. The average molecular weight is 563 g/mol. The lowest BCUT2D eigenvalue weighted by Crippen LogP contribution is -2.54. The molecule has 3 aromatic carbocycles. The number of carboxylic acids is 1. The number of alkyl carbamates (subject to hydrolysis) is 1. The smallest absolute Gasteiger partial charge is 0.407 e. The molecule has 1 atom stereocenters. The van der Waals surface area contributed by atoms with Crippen LogP contribution in [-0.2, 0) is 9.53 Å². The molecule has 0 unspecified atom stereocenters. The van der Waals surface area contributed by atoms with E-state index in [0.29, 0.717) is 5.69 Å². The van der Waals surface area contributed by atoms with Gasteiger partial charge < -0.3 is 31.1 Å². The summed E-state index contributed by atoms with van der Waals surface area (Å²) in [5, 5.41) is 22.2. The first-order valence-corrected chi connectivity index (χ1v) is 13.3. The lowest BCUT2D eigenvalue weighted by molar-refractivity contribution is -0.144. The Hall–Kier alpha value is -4.60. The lowest BCUT2D eigenvalue weighted by atomic mass is 9.96. The van der Waals surface area contributed by atoms with Crippen molar-refractivity contribution >= 4 is 46.1 Å². The molecular formula is C31H38N4O6. The number of carboxylic acid groups (broad SMARTS) is 1. The molecule has 4 amide bonds. The first-order valence-electron chi connectivity index (χ1n) is 13.3. The lowest BCUT2D eigenvalue weighted by Gasteiger charge is -2.27. The average Bonchev–Trinajstić information content (AvgIpc) is 2.84. The van der Waals surface area contributed by atoms with Crippen LogP contribution in [0, 0.1) is 20.8 Å². The number of anilines is 2. The predicted octanol–water partition coefficient (Wildman–Crippen LogP) is 5.90. The molecule has 3 rings (SSSR count). The zero-order valence-corrected chi connectivity index (χ0v) is 24.5. The van der Waals surface area contributed by atoms with Gasteiger partial charge in [-0.2, -0.15) is 0 Å². The van der Waals surface area contributed by atoms with Gasteiger partial charge in [0.2, 0.25) is 0 Å². The van der Waals surface area contributed by atoms with Crippen molar-refractivity contribution in [3.05, 3.63) is 70.8 Å². The molecule has 10 nitrogen and oxygen atoms in total. The number of carbonyl (C=O) groups excluding carboxylic acids is 3. The minimum absolute atomic E-state index is 0.0571. The predicted molar refractivity (Wildman–Crippen MR) is 160 cm³/mol. The molecule has 10 heteroatoms. The zero-order valence-electron chi connectivity index (χ0n) is 24.5. The summed E-state index contributed by atoms with van der Waals surface area (Å²) in [7, 11) is 0. The van der Waals surface area contributed by atoms with E-state index in [1.54, 1.807) is 32.9 Å². The molecule has 5 N–H and O–H groups in total. The molecule has 0 heterocycles. The van der Waals surface area contributed by atoms with Crippen LogP contribution < -0.4 is 21.3 Å². The van der Waals surface area contributed by atoms with Gasteiger partial charge in [-0.1, -0.05) is 42.0 Å². The number of hydrogen-bond acceptors (Lipinski definition) is 5. The zero-order chi connectivity index (χ0) is 30.5. The van der Waals surface area contributed by atoms with Crippen molar-refractivity contribution in [2.24, 2.45) is 0 Å². The number of aliphatic carboxylic acids is 1. The van der Waals surface area contributed by atoms with E-state index in [-0.39, 0.29) is 24.2 Å². The highest BCUT2D eigenvalue weighted by molar-refractivity contribution is 6.10. The topological polar surface area (TPSA) is 146 Å². The Morgan fingerprint density at radius 2 is 1.44 bits per heavy atom. The van der Waals surface area contributed by atoms with Crippen LogP contribution in [0.2, 0.25) is 0 Å². The molecular weight excluding hydrogens is 524 g/mol. The highest BCUT2D eigenvalue weighted by atomic mass is 16.6. The number of fused-ring (bicyclic) bond motifs is 1. The Morgan fingerprint density at radius 1 is 0.854 bits per heavy atom. The van der Waals surface area contributed by atoms with E-state index in [1.165, 1.54) is 6.92 Å². The van der Waals surface area contributed by atoms with Crippen LogP contribution in [0.25, 0.3) is 10.8 Å². The van der Waals surface area contributed by atoms with E-state index in [4.69, 9.17) is 4.74 Å². The van der Waals surface area contributed by atoms with Gasteiger partial charge in [-0.3, -0.25) is 4.79 Å². The summed E-state index contributed by atoms with van der Waals surface area (Å²) in [5.41, 5.74) is 1.38. The van der Waals surface area contributed by atoms with Gasteiger partial charge in [-0.05, 0) is 88.9 Å². The molecule has 218 valence electrons. The van der Waals surface area contributed by atoms with Crippen molar-refractivity contribution in [1.29, 1.82) is 0 Å². The minimum atomic E-state index is -1.73. The monoisotopic (exact) mass is 562 g/mol. The maximum atomic E-state index is 13.5. The van der Waals surface area contributed by atoms with Crippen LogP contribution in [0.1, 0.15) is 61.2 Å². The van der Waals surface area contributed by atoms with Gasteiger partial charge in [0.1, 0.15) is 11.1 Å². The van der Waals surface area contributed by atoms with Crippen molar-refractivity contribution in [2.75, 3.05) is 17.2 Å². The van der Waals surface area contributed by atoms with Crippen molar-refractivity contribution in [3.8, 4) is 0 Å². The van der Waals surface area contributed by atoms with E-state index in [0.717, 1.165) is 27.5 Å². The van der Waals surface area contributed by atoms with Crippen molar-refractivity contribution < 1.29 is 29.0 Å². The molecule has 0 radical (unpaired) electrons. The largest absolute Gasteiger partial charge is 0.480 e. The molecule has 0 aliphatic heterocycles. The molecule has 0 bridgehead atoms. The first kappa shape index (κ1) is 30.9. The van der Waals surface area contributed by atoms with Crippen molar-refractivity contribution in [2.45, 2.75) is 66.0 Å². The van der Waals surface area contributed by atoms with Gasteiger partial charge in [-0.25, -0.2) is 14.4 Å². The molecule has 0 aliphatic carbocycles. The quantitative estimate of drug-likeness (QED) is 0.231. The van der Waals surface area contributed by atoms with Gasteiger partial charge in [-0.15, -0.1) is 0 Å². The molecule has 0 fully saturated rings. The summed E-state index contributed by atoms with van der Waals surface area (Å²) < 4.78 is 5.19. The fourth-order valence-corrected chi connectivity index (χ4v) is 4.45. The standard InChI is InChI=1S/C31H38N4O6/c1-18-14-19(2)25(20(3)15-18)34-28(39)33-24-17-22-11-9-8-10-21(22)16-23(24)26(36)35-31(7,27(37)38)12-13-32-29(40)41-30(4,5)6/h8-11,14-17H,12-13H2,1-7H3,(H,32,40)(H,35,36)(H,37,38)(H2,33,34,39)/t31-/m0/s1. The normalized spacial score (nSPS) is 12.7. The van der Waals surface area contributed by atoms with Gasteiger partial charge >= 0.3 is 18.1 Å². The molecule has 0 aliphatic rings. The molecule has 3 aromatic rings. The second-order valence-electron chi connectivity index (χ2n) is 11.4. The Labute approximate surface area is 239 Å². The summed E-state index contributed by atoms with van der Waals surface area (Å²) in [6, 6.07) is 14.0. The number of nitrogens with one attached hydrogen (secondary N) is 4. The number of benzene rings is 3. The third-order valence-corrected chi connectivity index (χ3v) is 6.45. The van der Waals surface area contributed by atoms with Crippen LogP contribution >= 0.6 is 0 Å². The van der Waals surface area contributed by atoms with Crippen LogP contribution in [0.3, 0.4) is 0 Å². The fraction of sp³-hybridized carbons (Fsp3) is 0.355. The van der Waals surface area contributed by atoms with Crippen molar-refractivity contribution in [3.63, 3.8) is 0 Å². The Morgan fingerprint density at radius 3 is 2.00 bits per heavy atom. The summed E-state index contributed by atoms with van der Waals surface area (Å²) >= 11 is 0. The summed E-state index contributed by atoms with van der Waals surface area (Å²) in [6.07, 6.45) is -0.807. The minimum Gasteiger partial charge on any atom is -0.480 e. The second kappa shape index (κ2) is 12.3. The SMILES string of the molecule is Cc1cc(C)c(NC(=O)Nc2cc3ccccc3cc2C(=O)N[C@@](C)(CCNC(=O)OC(C)(C)C)C(=O)O)c(C)c1. The van der Waals surface area contributed by atoms with Crippen LogP contribution in [0.4, 0.5) is 21.0 Å². The summed E-state index contributed by atoms with van der Waals surface area (Å²) in [6.45, 7) is 12.2. The number of urea groups is 1. The van der Waals surface area contributed by atoms with Gasteiger partial charge in [0, 0.05) is 12.2 Å². The molecule has 0 aromatic heterocycles. The Balaban J connectivity index is 1.85. The van der Waals surface area contributed by atoms with Crippen LogP contribution in [-0.4, -0.2) is 46.8 Å². The molecule has 41 heavy (non-hydrogen) atoms. The van der Waals surface area contributed by atoms with Gasteiger partial charge in [0.25, 0.3) is 5.91 Å². The van der Waals surface area contributed by atoms with E-state index in [2.05, 4.69) is 21.3 Å². The maximum absolute atomic E-state index is 13.5. The Kier molecular flexibility index (Phi) is 9.27. The van der Waals surface area contributed by atoms with Crippen LogP contribution in [0.5, 0.6) is 0 Å². The van der Waals surface area contributed by atoms with E-state index >= 15 is 0 Å². The molecule has 0 saturated heterocycles. The van der Waals surface area contributed by atoms with Gasteiger partial charge in [0.05, 0.1) is 11.3 Å². The maximum Gasteiger partial charge on any atom is 0.407 e. The second-order valence-corrected chi connectivity index (χ2v) is 11.4. The number of carbonyl (C=O) groups is 4. The molecule has 0 spiro atoms. The van der Waals surface area contributed by atoms with Gasteiger partial charge in [0.15, 0.2) is 0 Å². The summed E-state index contributed by atoms with van der Waals surface area (Å²) in [4.78, 5) is 50.8. The number of amides is 4. The number of aryl methyl sites for hydroxylation is 3. The highest BCUT2D eigenvalue weighted by Crippen LogP contribution is 2.27. The Bertz CT molecular complexity index is 1470. The number of hydrogen-bond donors (Lipinski definition) is 5. The first-order chi connectivity index (χ1) is 19.1. The third-order valence-electron chi connectivity index (χ3n) is 6.45. The fourth-order valence-electron chi connectivity index (χ4n) is 4.45. The number of ether oxygens (including phenoxy) is 1. The van der Waals surface area contributed by atoms with Crippen molar-refractivity contribution in [1.82, 2.24) is 10.6 Å². The van der Waals surface area contributed by atoms with E-state index in [1.807, 2.05) is 57.2 Å². The van der Waals surface area contributed by atoms with E-state index < -0.39 is 35.1 Å².